The van der Waals surface area contributed by atoms with E-state index in [1.807, 2.05) is 4.90 Å². The van der Waals surface area contributed by atoms with E-state index in [1.54, 1.807) is 0 Å². The molecule has 142 valence electrons. The van der Waals surface area contributed by atoms with Crippen LogP contribution in [0.15, 0.2) is 30.3 Å². The molecule has 2 N–H and O–H groups in total. The summed E-state index contributed by atoms with van der Waals surface area (Å²) < 4.78 is 6.28. The average molecular weight is 357 g/mol. The Kier molecular flexibility index (Phi) is 5.60. The van der Waals surface area contributed by atoms with Crippen LogP contribution in [-0.2, 0) is 9.53 Å². The van der Waals surface area contributed by atoms with Crippen molar-refractivity contribution in [3.63, 3.8) is 0 Å². The number of hydrogen-bond donors (Lipinski definition) is 1. The molecule has 2 aliphatic carbocycles. The third-order valence-corrected chi connectivity index (χ3v) is 6.49. The summed E-state index contributed by atoms with van der Waals surface area (Å²) in [4.78, 5) is 14.6. The molecule has 0 bridgehead atoms. The zero-order valence-corrected chi connectivity index (χ0v) is 15.7. The third-order valence-electron chi connectivity index (χ3n) is 6.49. The van der Waals surface area contributed by atoms with Gasteiger partial charge in [-0.05, 0) is 62.8 Å². The predicted molar refractivity (Wildman–Crippen MR) is 103 cm³/mol. The lowest BCUT2D eigenvalue weighted by atomic mass is 9.83. The second-order valence-electron chi connectivity index (χ2n) is 8.40. The molecule has 3 aliphatic rings. The molecule has 1 aliphatic heterocycles. The monoisotopic (exact) mass is 356 g/mol. The molecule has 2 saturated carbocycles. The van der Waals surface area contributed by atoms with Crippen molar-refractivity contribution in [3.8, 4) is 0 Å². The van der Waals surface area contributed by atoms with Crippen molar-refractivity contribution in [2.24, 2.45) is 11.7 Å². The van der Waals surface area contributed by atoms with Gasteiger partial charge in [0.2, 0.25) is 5.91 Å². The number of carbonyl (C=O) groups is 1. The van der Waals surface area contributed by atoms with Crippen molar-refractivity contribution >= 4 is 5.91 Å². The normalized spacial score (nSPS) is 32.4. The lowest BCUT2D eigenvalue weighted by Gasteiger charge is -2.41. The molecule has 4 nitrogen and oxygen atoms in total. The lowest BCUT2D eigenvalue weighted by Crippen LogP contribution is -2.57. The van der Waals surface area contributed by atoms with Crippen LogP contribution in [0.2, 0.25) is 0 Å². The second kappa shape index (κ2) is 8.10. The fourth-order valence-electron chi connectivity index (χ4n) is 4.66. The molecule has 26 heavy (non-hydrogen) atoms. The fraction of sp³-hybridized carbons (Fsp3) is 0.682. The smallest absolute Gasteiger partial charge is 0.226 e. The van der Waals surface area contributed by atoms with Gasteiger partial charge in [0, 0.05) is 18.5 Å². The molecule has 4 heteroatoms. The number of piperidine rings is 1. The number of hydrogen-bond acceptors (Lipinski definition) is 3. The van der Waals surface area contributed by atoms with Crippen LogP contribution in [0.4, 0.5) is 0 Å². The van der Waals surface area contributed by atoms with Crippen LogP contribution >= 0.6 is 0 Å². The first-order valence-corrected chi connectivity index (χ1v) is 10.4. The fourth-order valence-corrected chi connectivity index (χ4v) is 4.66. The Morgan fingerprint density at radius 2 is 1.77 bits per heavy atom. The van der Waals surface area contributed by atoms with Crippen molar-refractivity contribution in [3.05, 3.63) is 35.9 Å². The summed E-state index contributed by atoms with van der Waals surface area (Å²) in [5.74, 6) is 1.26. The van der Waals surface area contributed by atoms with Crippen LogP contribution < -0.4 is 5.73 Å². The molecule has 0 spiro atoms. The molecular formula is C22H32N2O2. The number of likely N-dealkylation sites (tertiary alicyclic amines) is 1. The number of carbonyl (C=O) groups excluding carboxylic acids is 1. The predicted octanol–water partition coefficient (Wildman–Crippen LogP) is 3.46. The molecule has 0 radical (unpaired) electrons. The Morgan fingerprint density at radius 1 is 1.04 bits per heavy atom. The van der Waals surface area contributed by atoms with Gasteiger partial charge in [-0.1, -0.05) is 30.3 Å². The van der Waals surface area contributed by atoms with Crippen LogP contribution in [0.1, 0.15) is 62.8 Å². The first-order chi connectivity index (χ1) is 12.7. The highest BCUT2D eigenvalue weighted by Crippen LogP contribution is 2.35. The van der Waals surface area contributed by atoms with Crippen molar-refractivity contribution in [1.29, 1.82) is 0 Å². The Labute approximate surface area is 157 Å². The Bertz CT molecular complexity index is 593. The van der Waals surface area contributed by atoms with Gasteiger partial charge in [-0.3, -0.25) is 4.79 Å². The Morgan fingerprint density at radius 3 is 2.46 bits per heavy atom. The van der Waals surface area contributed by atoms with Gasteiger partial charge in [0.15, 0.2) is 0 Å². The van der Waals surface area contributed by atoms with Crippen molar-refractivity contribution in [2.45, 2.75) is 75.5 Å². The average Bonchev–Trinajstić information content (AvgIpc) is 3.53. The van der Waals surface area contributed by atoms with Crippen LogP contribution in [-0.4, -0.2) is 42.1 Å². The van der Waals surface area contributed by atoms with Gasteiger partial charge in [-0.15, -0.1) is 0 Å². The van der Waals surface area contributed by atoms with Crippen LogP contribution in [0.3, 0.4) is 0 Å². The minimum absolute atomic E-state index is 0.0621. The number of rotatable bonds is 5. The molecule has 2 atom stereocenters. The molecule has 0 aromatic heterocycles. The highest BCUT2D eigenvalue weighted by atomic mass is 16.5. The van der Waals surface area contributed by atoms with E-state index in [1.165, 1.54) is 18.4 Å². The largest absolute Gasteiger partial charge is 0.376 e. The van der Waals surface area contributed by atoms with Gasteiger partial charge in [-0.2, -0.15) is 0 Å². The second-order valence-corrected chi connectivity index (χ2v) is 8.40. The first kappa shape index (κ1) is 18.0. The van der Waals surface area contributed by atoms with Crippen molar-refractivity contribution in [1.82, 2.24) is 4.90 Å². The van der Waals surface area contributed by atoms with E-state index in [4.69, 9.17) is 10.5 Å². The van der Waals surface area contributed by atoms with Crippen molar-refractivity contribution < 1.29 is 9.53 Å². The minimum atomic E-state index is 0.0621. The van der Waals surface area contributed by atoms with E-state index in [9.17, 15) is 4.79 Å². The minimum Gasteiger partial charge on any atom is -0.376 e. The number of amides is 1. The van der Waals surface area contributed by atoms with E-state index >= 15 is 0 Å². The van der Waals surface area contributed by atoms with Gasteiger partial charge in [0.25, 0.3) is 0 Å². The van der Waals surface area contributed by atoms with E-state index < -0.39 is 0 Å². The molecular weight excluding hydrogens is 324 g/mol. The molecule has 0 unspecified atom stereocenters. The summed E-state index contributed by atoms with van der Waals surface area (Å²) in [6.45, 7) is 1.47. The maximum absolute atomic E-state index is 12.6. The summed E-state index contributed by atoms with van der Waals surface area (Å²) in [6, 6.07) is 11.0. The van der Waals surface area contributed by atoms with E-state index in [-0.39, 0.29) is 18.0 Å². The highest BCUT2D eigenvalue weighted by molar-refractivity contribution is 5.81. The third kappa shape index (κ3) is 4.12. The standard InChI is InChI=1S/C22H32N2O2/c23-20-7-4-14-24(22(25)18-8-9-18)21(20)15-26-19-12-10-17(11-13-19)16-5-2-1-3-6-16/h1-3,5-6,17-21H,4,7-15,23H2/t17-,19+,20-,21-/m0/s1. The molecule has 3 fully saturated rings. The van der Waals surface area contributed by atoms with Gasteiger partial charge >= 0.3 is 0 Å². The topological polar surface area (TPSA) is 55.6 Å². The molecule has 1 aromatic rings. The molecule has 1 heterocycles. The summed E-state index contributed by atoms with van der Waals surface area (Å²) in [5, 5.41) is 0. The summed E-state index contributed by atoms with van der Waals surface area (Å²) in [5.41, 5.74) is 7.83. The van der Waals surface area contributed by atoms with E-state index in [0.717, 1.165) is 45.1 Å². The molecule has 1 amide bonds. The van der Waals surface area contributed by atoms with Crippen LogP contribution in [0, 0.1) is 5.92 Å². The van der Waals surface area contributed by atoms with Gasteiger partial charge in [-0.25, -0.2) is 0 Å². The molecule has 1 saturated heterocycles. The number of nitrogens with zero attached hydrogens (tertiary/aromatic N) is 1. The molecule has 1 aromatic carbocycles. The Balaban J connectivity index is 1.28. The zero-order chi connectivity index (χ0) is 17.9. The maximum atomic E-state index is 12.6. The van der Waals surface area contributed by atoms with E-state index in [0.29, 0.717) is 24.5 Å². The summed E-state index contributed by atoms with van der Waals surface area (Å²) >= 11 is 0. The van der Waals surface area contributed by atoms with Crippen LogP contribution in [0.5, 0.6) is 0 Å². The number of benzene rings is 1. The first-order valence-electron chi connectivity index (χ1n) is 10.4. The lowest BCUT2D eigenvalue weighted by molar-refractivity contribution is -0.139. The maximum Gasteiger partial charge on any atom is 0.226 e. The van der Waals surface area contributed by atoms with Gasteiger partial charge in [0.05, 0.1) is 18.8 Å². The van der Waals surface area contributed by atoms with Crippen LogP contribution in [0.25, 0.3) is 0 Å². The number of nitrogens with two attached hydrogens (primary N) is 1. The summed E-state index contributed by atoms with van der Waals surface area (Å²) in [6.07, 6.45) is 9.06. The summed E-state index contributed by atoms with van der Waals surface area (Å²) in [7, 11) is 0. The van der Waals surface area contributed by atoms with Gasteiger partial charge in [0.1, 0.15) is 0 Å². The Hall–Kier alpha value is -1.39. The van der Waals surface area contributed by atoms with Gasteiger partial charge < -0.3 is 15.4 Å². The SMILES string of the molecule is N[C@H]1CCCN(C(=O)C2CC2)[C@H]1CO[C@H]1CC[C@@H](c2ccccc2)CC1. The number of ether oxygens (including phenoxy) is 1. The van der Waals surface area contributed by atoms with Crippen molar-refractivity contribution in [2.75, 3.05) is 13.2 Å². The van der Waals surface area contributed by atoms with E-state index in [2.05, 4.69) is 30.3 Å². The highest BCUT2D eigenvalue weighted by Gasteiger charge is 2.40. The zero-order valence-electron chi connectivity index (χ0n) is 15.7. The molecule has 4 rings (SSSR count). The quantitative estimate of drug-likeness (QED) is 0.879.